The van der Waals surface area contributed by atoms with E-state index in [0.717, 1.165) is 44.0 Å². The fourth-order valence-corrected chi connectivity index (χ4v) is 5.21. The van der Waals surface area contributed by atoms with Crippen molar-refractivity contribution in [3.05, 3.63) is 21.4 Å². The summed E-state index contributed by atoms with van der Waals surface area (Å²) < 4.78 is 5.65. The van der Waals surface area contributed by atoms with Crippen LogP contribution >= 0.6 is 11.3 Å². The van der Waals surface area contributed by atoms with Crippen molar-refractivity contribution in [1.82, 2.24) is 9.80 Å². The first-order chi connectivity index (χ1) is 11.5. The Labute approximate surface area is 149 Å². The van der Waals surface area contributed by atoms with Crippen LogP contribution < -0.4 is 0 Å². The molecule has 1 aromatic heterocycles. The van der Waals surface area contributed by atoms with Gasteiger partial charge in [0.05, 0.1) is 11.5 Å². The van der Waals surface area contributed by atoms with Gasteiger partial charge in [0.15, 0.2) is 0 Å². The molecular formula is C19H30N2O2S. The molecule has 2 aliphatic heterocycles. The Morgan fingerprint density at radius 3 is 2.62 bits per heavy atom. The molecule has 3 rings (SSSR count). The maximum atomic E-state index is 12.8. The number of likely N-dealkylation sites (tertiary alicyclic amines) is 2. The number of nitrogens with zero attached hydrogens (tertiary/aromatic N) is 2. The van der Waals surface area contributed by atoms with Gasteiger partial charge in [-0.25, -0.2) is 0 Å². The number of thiophene rings is 1. The smallest absolute Gasteiger partial charge is 0.263 e. The van der Waals surface area contributed by atoms with Crippen molar-refractivity contribution in [2.75, 3.05) is 33.4 Å². The van der Waals surface area contributed by atoms with Crippen LogP contribution in [0.15, 0.2) is 6.07 Å². The first-order valence-electron chi connectivity index (χ1n) is 9.14. The number of ether oxygens (including phenoxy) is 1. The number of aryl methyl sites for hydroxylation is 2. The van der Waals surface area contributed by atoms with Crippen molar-refractivity contribution in [2.45, 2.75) is 58.0 Å². The molecule has 0 aromatic carbocycles. The average molecular weight is 351 g/mol. The monoisotopic (exact) mass is 350 g/mol. The van der Waals surface area contributed by atoms with Gasteiger partial charge in [-0.2, -0.15) is 0 Å². The summed E-state index contributed by atoms with van der Waals surface area (Å²) in [4.78, 5) is 19.5. The van der Waals surface area contributed by atoms with Crippen LogP contribution in [0.25, 0.3) is 0 Å². The molecule has 1 atom stereocenters. The number of piperidine rings is 1. The van der Waals surface area contributed by atoms with Crippen LogP contribution in [0.1, 0.15) is 52.7 Å². The highest BCUT2D eigenvalue weighted by atomic mass is 32.1. The minimum atomic E-state index is 0.220. The van der Waals surface area contributed by atoms with Crippen molar-refractivity contribution in [2.24, 2.45) is 0 Å². The molecule has 2 aliphatic rings. The summed E-state index contributed by atoms with van der Waals surface area (Å²) >= 11 is 1.63. The summed E-state index contributed by atoms with van der Waals surface area (Å²) in [6, 6.07) is 2.58. The lowest BCUT2D eigenvalue weighted by molar-refractivity contribution is 0.0212. The van der Waals surface area contributed by atoms with Gasteiger partial charge in [-0.15, -0.1) is 11.3 Å². The number of rotatable bonds is 4. The average Bonchev–Trinajstić information content (AvgIpc) is 3.07. The molecular weight excluding hydrogens is 320 g/mol. The van der Waals surface area contributed by atoms with Crippen LogP contribution in [0.3, 0.4) is 0 Å². The fourth-order valence-electron chi connectivity index (χ4n) is 4.20. The second-order valence-electron chi connectivity index (χ2n) is 7.33. The van der Waals surface area contributed by atoms with E-state index in [1.807, 2.05) is 6.07 Å². The number of hydrogen-bond donors (Lipinski definition) is 0. The molecule has 0 aliphatic carbocycles. The van der Waals surface area contributed by atoms with Gasteiger partial charge in [-0.3, -0.25) is 9.69 Å². The Morgan fingerprint density at radius 2 is 2.04 bits per heavy atom. The zero-order valence-corrected chi connectivity index (χ0v) is 16.2. The maximum Gasteiger partial charge on any atom is 0.263 e. The third-order valence-electron chi connectivity index (χ3n) is 6.11. The molecule has 3 heterocycles. The minimum Gasteiger partial charge on any atom is -0.380 e. The maximum absolute atomic E-state index is 12.8. The molecule has 5 heteroatoms. The van der Waals surface area contributed by atoms with Crippen molar-refractivity contribution < 1.29 is 9.53 Å². The predicted octanol–water partition coefficient (Wildman–Crippen LogP) is 3.47. The van der Waals surface area contributed by atoms with Crippen molar-refractivity contribution in [3.63, 3.8) is 0 Å². The Hall–Kier alpha value is -0.910. The molecule has 1 spiro atoms. The van der Waals surface area contributed by atoms with E-state index in [1.54, 1.807) is 11.3 Å². The highest BCUT2D eigenvalue weighted by molar-refractivity contribution is 7.14. The highest BCUT2D eigenvalue weighted by Crippen LogP contribution is 2.41. The lowest BCUT2D eigenvalue weighted by Crippen LogP contribution is -2.54. The molecule has 134 valence electrons. The van der Waals surface area contributed by atoms with Gasteiger partial charge < -0.3 is 9.64 Å². The van der Waals surface area contributed by atoms with Crippen molar-refractivity contribution in [1.29, 1.82) is 0 Å². The van der Waals surface area contributed by atoms with E-state index in [0.29, 0.717) is 6.04 Å². The van der Waals surface area contributed by atoms with Crippen molar-refractivity contribution >= 4 is 17.2 Å². The van der Waals surface area contributed by atoms with Crippen LogP contribution in [0.4, 0.5) is 0 Å². The number of likely N-dealkylation sites (N-methyl/N-ethyl adjacent to an activating group) is 1. The summed E-state index contributed by atoms with van der Waals surface area (Å²) in [6.45, 7) is 9.61. The number of carbonyl (C=O) groups excluding carboxylic acids is 1. The van der Waals surface area contributed by atoms with Gasteiger partial charge >= 0.3 is 0 Å². The number of amides is 1. The molecule has 0 bridgehead atoms. The zero-order chi connectivity index (χ0) is 17.3. The second-order valence-corrected chi connectivity index (χ2v) is 8.59. The van der Waals surface area contributed by atoms with E-state index in [2.05, 4.69) is 37.6 Å². The molecule has 1 aromatic rings. The fraction of sp³-hybridized carbons (Fsp3) is 0.737. The SMILES string of the molecule is CCOC[C@@H]1CCC2(CCN(C(=O)c3cc(C)c(C)s3)CC2)N1C. The zero-order valence-electron chi connectivity index (χ0n) is 15.4. The van der Waals surface area contributed by atoms with Gasteiger partial charge in [0.25, 0.3) is 5.91 Å². The number of hydrogen-bond acceptors (Lipinski definition) is 4. The lowest BCUT2D eigenvalue weighted by Gasteiger charge is -2.45. The van der Waals surface area contributed by atoms with Crippen molar-refractivity contribution in [3.8, 4) is 0 Å². The Bertz CT molecular complexity index is 571. The Kier molecular flexibility index (Phi) is 5.33. The Balaban J connectivity index is 1.60. The van der Waals surface area contributed by atoms with E-state index in [4.69, 9.17) is 4.74 Å². The van der Waals surface area contributed by atoms with Gasteiger partial charge in [0, 0.05) is 36.2 Å². The van der Waals surface area contributed by atoms with Crippen LogP contribution in [0.5, 0.6) is 0 Å². The lowest BCUT2D eigenvalue weighted by atomic mass is 9.85. The van der Waals surface area contributed by atoms with E-state index in [-0.39, 0.29) is 11.4 Å². The van der Waals surface area contributed by atoms with Gasteiger partial charge in [0.1, 0.15) is 0 Å². The van der Waals surface area contributed by atoms with Crippen LogP contribution in [0, 0.1) is 13.8 Å². The molecule has 2 fully saturated rings. The molecule has 0 radical (unpaired) electrons. The molecule has 0 saturated carbocycles. The standard InChI is InChI=1S/C19H30N2O2S/c1-5-23-13-16-6-7-19(20(16)4)8-10-21(11-9-19)18(22)17-12-14(2)15(3)24-17/h12,16H,5-11,13H2,1-4H3/t16-/m0/s1. The largest absolute Gasteiger partial charge is 0.380 e. The molecule has 2 saturated heterocycles. The van der Waals surface area contributed by atoms with Crippen LogP contribution in [-0.4, -0.2) is 60.6 Å². The molecule has 0 N–H and O–H groups in total. The summed E-state index contributed by atoms with van der Waals surface area (Å²) in [6.07, 6.45) is 4.62. The first kappa shape index (κ1) is 17.9. The van der Waals surface area contributed by atoms with E-state index in [9.17, 15) is 4.79 Å². The Morgan fingerprint density at radius 1 is 1.33 bits per heavy atom. The topological polar surface area (TPSA) is 32.8 Å². The normalized spacial score (nSPS) is 24.0. The second kappa shape index (κ2) is 7.14. The quantitative estimate of drug-likeness (QED) is 0.833. The van der Waals surface area contributed by atoms with E-state index < -0.39 is 0 Å². The van der Waals surface area contributed by atoms with Gasteiger partial charge in [-0.1, -0.05) is 0 Å². The highest BCUT2D eigenvalue weighted by Gasteiger charge is 2.46. The molecule has 4 nitrogen and oxygen atoms in total. The molecule has 1 amide bonds. The van der Waals surface area contributed by atoms with Crippen LogP contribution in [0.2, 0.25) is 0 Å². The third-order valence-corrected chi connectivity index (χ3v) is 7.25. The van der Waals surface area contributed by atoms with E-state index in [1.165, 1.54) is 23.3 Å². The predicted molar refractivity (Wildman–Crippen MR) is 98.9 cm³/mol. The van der Waals surface area contributed by atoms with Crippen LogP contribution in [-0.2, 0) is 4.74 Å². The van der Waals surface area contributed by atoms with Gasteiger partial charge in [0.2, 0.25) is 0 Å². The summed E-state index contributed by atoms with van der Waals surface area (Å²) in [5.41, 5.74) is 1.51. The summed E-state index contributed by atoms with van der Waals surface area (Å²) in [5.74, 6) is 0.220. The first-order valence-corrected chi connectivity index (χ1v) is 9.95. The number of carbonyl (C=O) groups is 1. The summed E-state index contributed by atoms with van der Waals surface area (Å²) in [7, 11) is 2.25. The minimum absolute atomic E-state index is 0.220. The third kappa shape index (κ3) is 3.26. The molecule has 24 heavy (non-hydrogen) atoms. The summed E-state index contributed by atoms with van der Waals surface area (Å²) in [5, 5.41) is 0. The van der Waals surface area contributed by atoms with E-state index >= 15 is 0 Å². The molecule has 0 unspecified atom stereocenters. The van der Waals surface area contributed by atoms with Gasteiger partial charge in [-0.05, 0) is 65.1 Å².